The third-order valence-electron chi connectivity index (χ3n) is 11.6. The van der Waals surface area contributed by atoms with Crippen molar-refractivity contribution in [2.75, 3.05) is 9.80 Å². The number of hydrogen-bond acceptors (Lipinski definition) is 3. The lowest BCUT2D eigenvalue weighted by atomic mass is 9.82. The molecule has 0 unspecified atom stereocenters. The average molecular weight is 709 g/mol. The summed E-state index contributed by atoms with van der Waals surface area (Å²) >= 11 is 1.87. The molecule has 11 rings (SSSR count). The molecule has 0 saturated heterocycles. The zero-order valence-corrected chi connectivity index (χ0v) is 30.9. The van der Waals surface area contributed by atoms with Gasteiger partial charge in [0.2, 0.25) is 0 Å². The smallest absolute Gasteiger partial charge is 0.0542 e. The van der Waals surface area contributed by atoms with Crippen LogP contribution in [0.15, 0.2) is 182 Å². The maximum Gasteiger partial charge on any atom is 0.0542 e. The molecule has 1 aromatic heterocycles. The van der Waals surface area contributed by atoms with Crippen LogP contribution in [0.2, 0.25) is 0 Å². The Kier molecular flexibility index (Phi) is 6.80. The van der Waals surface area contributed by atoms with Gasteiger partial charge < -0.3 is 9.80 Å². The zero-order chi connectivity index (χ0) is 36.0. The molecule has 0 spiro atoms. The van der Waals surface area contributed by atoms with Crippen molar-refractivity contribution in [1.29, 1.82) is 0 Å². The van der Waals surface area contributed by atoms with Gasteiger partial charge in [-0.1, -0.05) is 129 Å². The van der Waals surface area contributed by atoms with Crippen LogP contribution in [0.1, 0.15) is 25.0 Å². The fourth-order valence-electron chi connectivity index (χ4n) is 9.04. The summed E-state index contributed by atoms with van der Waals surface area (Å²) < 4.78 is 2.61. The minimum atomic E-state index is -0.113. The second kappa shape index (κ2) is 11.8. The van der Waals surface area contributed by atoms with Gasteiger partial charge in [-0.05, 0) is 100 Å². The van der Waals surface area contributed by atoms with Gasteiger partial charge in [-0.2, -0.15) is 0 Å². The van der Waals surface area contributed by atoms with Crippen molar-refractivity contribution in [1.82, 2.24) is 0 Å². The number of hydrogen-bond donors (Lipinski definition) is 0. The fourth-order valence-corrected chi connectivity index (χ4v) is 10.2. The Morgan fingerprint density at radius 2 is 0.981 bits per heavy atom. The van der Waals surface area contributed by atoms with Crippen molar-refractivity contribution in [3.05, 3.63) is 193 Å². The Morgan fingerprint density at radius 1 is 0.407 bits per heavy atom. The number of fused-ring (bicyclic) bond motifs is 11. The van der Waals surface area contributed by atoms with Crippen LogP contribution in [0.4, 0.5) is 34.1 Å². The summed E-state index contributed by atoms with van der Waals surface area (Å²) in [6.45, 7) is 4.73. The zero-order valence-electron chi connectivity index (χ0n) is 30.1. The third kappa shape index (κ3) is 4.58. The molecule has 8 aromatic carbocycles. The largest absolute Gasteiger partial charge is 0.310 e. The van der Waals surface area contributed by atoms with Crippen LogP contribution in [-0.2, 0) is 5.41 Å². The van der Waals surface area contributed by atoms with E-state index in [4.69, 9.17) is 0 Å². The fraction of sp³-hybridized carbons (Fsp3) is 0.0588. The Labute approximate surface area is 319 Å². The molecule has 3 heteroatoms. The van der Waals surface area contributed by atoms with Crippen molar-refractivity contribution in [2.24, 2.45) is 0 Å². The first-order chi connectivity index (χ1) is 26.5. The Balaban J connectivity index is 1.16. The SMILES string of the molecule is CC1(C)c2ccccc2-c2ccc(N(c3ccc4c(c3)-c3ccccc3-c3ccccc3N4c3ccccc3)c3ccc4c(c3)sc3ccccc34)cc21. The molecule has 0 saturated carbocycles. The maximum atomic E-state index is 2.47. The highest BCUT2D eigenvalue weighted by Gasteiger charge is 2.36. The van der Waals surface area contributed by atoms with Gasteiger partial charge >= 0.3 is 0 Å². The predicted molar refractivity (Wildman–Crippen MR) is 231 cm³/mol. The summed E-state index contributed by atoms with van der Waals surface area (Å²) in [4.78, 5) is 4.90. The highest BCUT2D eigenvalue weighted by atomic mass is 32.1. The molecule has 2 nitrogen and oxygen atoms in total. The molecule has 54 heavy (non-hydrogen) atoms. The Bertz CT molecular complexity index is 2940. The van der Waals surface area contributed by atoms with E-state index in [-0.39, 0.29) is 5.41 Å². The van der Waals surface area contributed by atoms with Gasteiger partial charge in [0.25, 0.3) is 0 Å². The molecule has 0 N–H and O–H groups in total. The van der Waals surface area contributed by atoms with E-state index in [0.29, 0.717) is 0 Å². The lowest BCUT2D eigenvalue weighted by Crippen LogP contribution is -2.16. The standard InChI is InChI=1S/C51H36N2S/c1-51(2)45-21-11-8-18-39(45)40-27-24-35(31-46(40)51)52(36-25-28-43-42-20-10-13-23-49(42)54-50(43)32-36)34-26-29-48-44(30-34)38-17-7-6-16-37(38)41-19-9-12-22-47(41)53(48)33-14-4-3-5-15-33/h3-32H,1-2H3. The van der Waals surface area contributed by atoms with E-state index >= 15 is 0 Å². The van der Waals surface area contributed by atoms with Crippen LogP contribution in [-0.4, -0.2) is 0 Å². The molecule has 0 amide bonds. The van der Waals surface area contributed by atoms with Gasteiger partial charge in [0.15, 0.2) is 0 Å². The summed E-state index contributed by atoms with van der Waals surface area (Å²) in [5, 5.41) is 2.62. The van der Waals surface area contributed by atoms with Crippen LogP contribution in [0, 0.1) is 0 Å². The normalized spacial score (nSPS) is 13.5. The molecule has 2 heterocycles. The van der Waals surface area contributed by atoms with E-state index in [9.17, 15) is 0 Å². The predicted octanol–water partition coefficient (Wildman–Crippen LogP) is 14.9. The van der Waals surface area contributed by atoms with Crippen LogP contribution in [0.5, 0.6) is 0 Å². The second-order valence-electron chi connectivity index (χ2n) is 14.9. The minimum Gasteiger partial charge on any atom is -0.310 e. The van der Waals surface area contributed by atoms with Crippen molar-refractivity contribution in [2.45, 2.75) is 19.3 Å². The van der Waals surface area contributed by atoms with Gasteiger partial charge in [-0.15, -0.1) is 11.3 Å². The summed E-state index contributed by atoms with van der Waals surface area (Å²) in [7, 11) is 0. The van der Waals surface area contributed by atoms with Gasteiger partial charge in [-0.3, -0.25) is 0 Å². The van der Waals surface area contributed by atoms with Crippen molar-refractivity contribution in [3.63, 3.8) is 0 Å². The molecular weight excluding hydrogens is 673 g/mol. The van der Waals surface area contributed by atoms with Crippen molar-refractivity contribution in [3.8, 4) is 33.4 Å². The molecule has 256 valence electrons. The van der Waals surface area contributed by atoms with Gasteiger partial charge in [0.05, 0.1) is 11.4 Å². The molecule has 1 aliphatic heterocycles. The van der Waals surface area contributed by atoms with Crippen LogP contribution < -0.4 is 9.80 Å². The van der Waals surface area contributed by atoms with E-state index in [2.05, 4.69) is 206 Å². The quantitative estimate of drug-likeness (QED) is 0.180. The summed E-state index contributed by atoms with van der Waals surface area (Å²) in [6, 6.07) is 67.3. The molecule has 1 aliphatic carbocycles. The maximum absolute atomic E-state index is 2.47. The highest BCUT2D eigenvalue weighted by Crippen LogP contribution is 2.54. The first-order valence-corrected chi connectivity index (χ1v) is 19.5. The van der Waals surface area contributed by atoms with Crippen molar-refractivity contribution >= 4 is 65.6 Å². The van der Waals surface area contributed by atoms with Crippen LogP contribution in [0.3, 0.4) is 0 Å². The first kappa shape index (κ1) is 31.1. The van der Waals surface area contributed by atoms with Crippen molar-refractivity contribution < 1.29 is 0 Å². The van der Waals surface area contributed by atoms with Gasteiger partial charge in [0, 0.05) is 59.5 Å². The molecule has 0 bridgehead atoms. The van der Waals surface area contributed by atoms with Crippen LogP contribution >= 0.6 is 11.3 Å². The number of nitrogens with zero attached hydrogens (tertiary/aromatic N) is 2. The average Bonchev–Trinajstić information content (AvgIpc) is 3.66. The molecule has 0 radical (unpaired) electrons. The number of anilines is 6. The van der Waals surface area contributed by atoms with Gasteiger partial charge in [0.1, 0.15) is 0 Å². The molecule has 9 aromatic rings. The number of thiophene rings is 1. The minimum absolute atomic E-state index is 0.113. The lowest BCUT2D eigenvalue weighted by Gasteiger charge is -2.30. The lowest BCUT2D eigenvalue weighted by molar-refractivity contribution is 0.660. The number of rotatable bonds is 4. The molecule has 0 atom stereocenters. The highest BCUT2D eigenvalue weighted by molar-refractivity contribution is 7.25. The topological polar surface area (TPSA) is 6.48 Å². The molecule has 0 fully saturated rings. The van der Waals surface area contributed by atoms with Crippen LogP contribution in [0.25, 0.3) is 53.6 Å². The Hall–Kier alpha value is -6.42. The van der Waals surface area contributed by atoms with E-state index < -0.39 is 0 Å². The monoisotopic (exact) mass is 708 g/mol. The summed E-state index contributed by atoms with van der Waals surface area (Å²) in [5.41, 5.74) is 17.1. The van der Waals surface area contributed by atoms with E-state index in [1.165, 1.54) is 70.4 Å². The van der Waals surface area contributed by atoms with E-state index in [1.807, 2.05) is 11.3 Å². The molecule has 2 aliphatic rings. The van der Waals surface area contributed by atoms with Gasteiger partial charge in [-0.25, -0.2) is 0 Å². The summed E-state index contributed by atoms with van der Waals surface area (Å²) in [6.07, 6.45) is 0. The second-order valence-corrected chi connectivity index (χ2v) is 16.0. The number of benzene rings is 8. The Morgan fingerprint density at radius 3 is 1.83 bits per heavy atom. The molecular formula is C51H36N2S. The third-order valence-corrected chi connectivity index (χ3v) is 12.7. The number of para-hydroxylation sites is 2. The van der Waals surface area contributed by atoms with E-state index in [0.717, 1.165) is 28.4 Å². The summed E-state index contributed by atoms with van der Waals surface area (Å²) in [5.74, 6) is 0. The first-order valence-electron chi connectivity index (χ1n) is 18.7. The van der Waals surface area contributed by atoms with E-state index in [1.54, 1.807) is 0 Å².